The van der Waals surface area contributed by atoms with Crippen LogP contribution in [0.1, 0.15) is 23.7 Å². The Balaban J connectivity index is 1.64. The van der Waals surface area contributed by atoms with Crippen molar-refractivity contribution in [3.05, 3.63) is 59.9 Å². The van der Waals surface area contributed by atoms with Gasteiger partial charge in [0.15, 0.2) is 0 Å². The summed E-state index contributed by atoms with van der Waals surface area (Å²) >= 11 is 0. The van der Waals surface area contributed by atoms with E-state index in [-0.39, 0.29) is 37.1 Å². The van der Waals surface area contributed by atoms with Crippen molar-refractivity contribution in [1.82, 2.24) is 0 Å². The molecule has 0 unspecified atom stereocenters. The predicted molar refractivity (Wildman–Crippen MR) is 97.9 cm³/mol. The van der Waals surface area contributed by atoms with Crippen molar-refractivity contribution >= 4 is 29.2 Å². The minimum atomic E-state index is -0.582. The Morgan fingerprint density at radius 3 is 2.56 bits per heavy atom. The van der Waals surface area contributed by atoms with Crippen LogP contribution in [0.2, 0.25) is 0 Å². The van der Waals surface area contributed by atoms with E-state index in [0.717, 1.165) is 0 Å². The summed E-state index contributed by atoms with van der Waals surface area (Å²) in [5.41, 5.74) is 1.07. The summed E-state index contributed by atoms with van der Waals surface area (Å²) in [6, 6.07) is 12.3. The quantitative estimate of drug-likeness (QED) is 0.821. The molecule has 1 N–H and O–H groups in total. The fourth-order valence-electron chi connectivity index (χ4n) is 2.94. The molecule has 1 saturated heterocycles. The fourth-order valence-corrected chi connectivity index (χ4v) is 2.94. The molecule has 1 aliphatic heterocycles. The van der Waals surface area contributed by atoms with Gasteiger partial charge in [0.2, 0.25) is 11.8 Å². The normalized spacial score (nSPS) is 16.3. The molecule has 0 spiro atoms. The Hall–Kier alpha value is -3.22. The molecule has 1 atom stereocenters. The van der Waals surface area contributed by atoms with Crippen LogP contribution < -0.4 is 10.2 Å². The first-order chi connectivity index (χ1) is 13.0. The average Bonchev–Trinajstić information content (AvgIpc) is 3.04. The zero-order valence-corrected chi connectivity index (χ0v) is 14.8. The molecular formula is C20H19FN2O4. The summed E-state index contributed by atoms with van der Waals surface area (Å²) in [5, 5.41) is 2.73. The van der Waals surface area contributed by atoms with E-state index in [9.17, 15) is 18.8 Å². The Labute approximate surface area is 155 Å². The molecule has 0 saturated carbocycles. The second kappa shape index (κ2) is 7.99. The zero-order valence-electron chi connectivity index (χ0n) is 14.8. The van der Waals surface area contributed by atoms with E-state index >= 15 is 0 Å². The van der Waals surface area contributed by atoms with Crippen molar-refractivity contribution in [2.45, 2.75) is 13.3 Å². The van der Waals surface area contributed by atoms with Gasteiger partial charge in [-0.05, 0) is 43.3 Å². The fraction of sp³-hybridized carbons (Fsp3) is 0.250. The first-order valence-electron chi connectivity index (χ1n) is 8.62. The molecule has 6 nitrogen and oxygen atoms in total. The molecule has 1 fully saturated rings. The Bertz CT molecular complexity index is 867. The highest BCUT2D eigenvalue weighted by atomic mass is 19.1. The number of halogens is 1. The first kappa shape index (κ1) is 18.6. The maximum absolute atomic E-state index is 13.9. The highest BCUT2D eigenvalue weighted by molar-refractivity contribution is 6.03. The molecule has 0 bridgehead atoms. The first-order valence-corrected chi connectivity index (χ1v) is 8.62. The van der Waals surface area contributed by atoms with Crippen LogP contribution in [-0.2, 0) is 14.3 Å². The number of anilines is 2. The number of para-hydroxylation sites is 1. The van der Waals surface area contributed by atoms with Crippen molar-refractivity contribution in [2.75, 3.05) is 23.4 Å². The van der Waals surface area contributed by atoms with Crippen LogP contribution in [-0.4, -0.2) is 30.9 Å². The number of nitrogens with one attached hydrogen (secondary N) is 1. The maximum atomic E-state index is 13.9. The van der Waals surface area contributed by atoms with Crippen LogP contribution >= 0.6 is 0 Å². The Kier molecular flexibility index (Phi) is 5.49. The van der Waals surface area contributed by atoms with Crippen molar-refractivity contribution in [3.8, 4) is 0 Å². The number of esters is 1. The van der Waals surface area contributed by atoms with E-state index in [4.69, 9.17) is 4.74 Å². The van der Waals surface area contributed by atoms with Crippen LogP contribution in [0.5, 0.6) is 0 Å². The summed E-state index contributed by atoms with van der Waals surface area (Å²) in [6.45, 7) is 2.12. The number of nitrogens with zero attached hydrogens (tertiary/aromatic N) is 1. The molecule has 27 heavy (non-hydrogen) atoms. The van der Waals surface area contributed by atoms with Crippen molar-refractivity contribution < 1.29 is 23.5 Å². The molecule has 0 aliphatic carbocycles. The van der Waals surface area contributed by atoms with Gasteiger partial charge in [0.25, 0.3) is 0 Å². The van der Waals surface area contributed by atoms with Crippen LogP contribution in [0.3, 0.4) is 0 Å². The van der Waals surface area contributed by atoms with Gasteiger partial charge in [-0.15, -0.1) is 0 Å². The summed E-state index contributed by atoms with van der Waals surface area (Å²) in [7, 11) is 0. The third-order valence-electron chi connectivity index (χ3n) is 4.30. The molecule has 0 radical (unpaired) electrons. The standard InChI is InChI=1S/C20H19FN2O4/c1-2-27-20(26)13-7-9-15(10-8-13)22-19(25)14-11-18(24)23(12-14)17-6-4-3-5-16(17)21/h3-10,14H,2,11-12H2,1H3,(H,22,25)/t14-/m1/s1. The highest BCUT2D eigenvalue weighted by Gasteiger charge is 2.36. The molecule has 7 heteroatoms. The van der Waals surface area contributed by atoms with Gasteiger partial charge in [-0.1, -0.05) is 12.1 Å². The third-order valence-corrected chi connectivity index (χ3v) is 4.30. The van der Waals surface area contributed by atoms with Crippen molar-refractivity contribution in [2.24, 2.45) is 5.92 Å². The Morgan fingerprint density at radius 2 is 1.89 bits per heavy atom. The van der Waals surface area contributed by atoms with E-state index in [1.807, 2.05) is 0 Å². The van der Waals surface area contributed by atoms with Crippen LogP contribution in [0.4, 0.5) is 15.8 Å². The molecule has 140 valence electrons. The van der Waals surface area contributed by atoms with Crippen molar-refractivity contribution in [3.63, 3.8) is 0 Å². The number of amides is 2. The second-order valence-corrected chi connectivity index (χ2v) is 6.14. The van der Waals surface area contributed by atoms with E-state index in [2.05, 4.69) is 5.32 Å². The summed E-state index contributed by atoms with van der Waals surface area (Å²) in [6.07, 6.45) is 0.0150. The van der Waals surface area contributed by atoms with Gasteiger partial charge < -0.3 is 15.0 Å². The van der Waals surface area contributed by atoms with Crippen LogP contribution in [0.15, 0.2) is 48.5 Å². The minimum Gasteiger partial charge on any atom is -0.462 e. The SMILES string of the molecule is CCOC(=O)c1ccc(NC(=O)[C@@H]2CC(=O)N(c3ccccc3F)C2)cc1. The number of hydrogen-bond acceptors (Lipinski definition) is 4. The van der Waals surface area contributed by atoms with Gasteiger partial charge >= 0.3 is 5.97 Å². The molecular weight excluding hydrogens is 351 g/mol. The lowest BCUT2D eigenvalue weighted by atomic mass is 10.1. The van der Waals surface area contributed by atoms with Gasteiger partial charge in [-0.25, -0.2) is 9.18 Å². The van der Waals surface area contributed by atoms with E-state index in [1.54, 1.807) is 43.3 Å². The largest absolute Gasteiger partial charge is 0.462 e. The van der Waals surface area contributed by atoms with Gasteiger partial charge in [0, 0.05) is 18.7 Å². The lowest BCUT2D eigenvalue weighted by Crippen LogP contribution is -2.28. The molecule has 0 aromatic heterocycles. The van der Waals surface area contributed by atoms with Gasteiger partial charge in [0.05, 0.1) is 23.8 Å². The second-order valence-electron chi connectivity index (χ2n) is 6.14. The summed E-state index contributed by atoms with van der Waals surface area (Å²) in [5.74, 6) is -2.13. The van der Waals surface area contributed by atoms with E-state index in [1.165, 1.54) is 17.0 Å². The average molecular weight is 370 g/mol. The van der Waals surface area contributed by atoms with E-state index in [0.29, 0.717) is 11.3 Å². The number of carbonyl (C=O) groups excluding carboxylic acids is 3. The van der Waals surface area contributed by atoms with Gasteiger partial charge in [0.1, 0.15) is 5.82 Å². The number of ether oxygens (including phenoxy) is 1. The van der Waals surface area contributed by atoms with Crippen molar-refractivity contribution in [1.29, 1.82) is 0 Å². The molecule has 2 aromatic carbocycles. The summed E-state index contributed by atoms with van der Waals surface area (Å²) < 4.78 is 18.8. The van der Waals surface area contributed by atoms with Crippen LogP contribution in [0.25, 0.3) is 0 Å². The maximum Gasteiger partial charge on any atom is 0.338 e. The van der Waals surface area contributed by atoms with Crippen LogP contribution in [0, 0.1) is 11.7 Å². The highest BCUT2D eigenvalue weighted by Crippen LogP contribution is 2.28. The lowest BCUT2D eigenvalue weighted by Gasteiger charge is -2.17. The molecule has 1 aliphatic rings. The lowest BCUT2D eigenvalue weighted by molar-refractivity contribution is -0.122. The molecule has 2 aromatic rings. The molecule has 2 amide bonds. The number of rotatable bonds is 5. The predicted octanol–water partition coefficient (Wildman–Crippen LogP) is 2.99. The zero-order chi connectivity index (χ0) is 19.4. The number of carbonyl (C=O) groups is 3. The van der Waals surface area contributed by atoms with Gasteiger partial charge in [-0.2, -0.15) is 0 Å². The molecule has 1 heterocycles. The Morgan fingerprint density at radius 1 is 1.19 bits per heavy atom. The number of benzene rings is 2. The third kappa shape index (κ3) is 4.13. The van der Waals surface area contributed by atoms with Gasteiger partial charge in [-0.3, -0.25) is 9.59 Å². The minimum absolute atomic E-state index is 0.0150. The smallest absolute Gasteiger partial charge is 0.338 e. The number of hydrogen-bond donors (Lipinski definition) is 1. The van der Waals surface area contributed by atoms with E-state index < -0.39 is 17.7 Å². The molecule has 3 rings (SSSR count). The topological polar surface area (TPSA) is 75.7 Å². The summed E-state index contributed by atoms with van der Waals surface area (Å²) in [4.78, 5) is 37.6. The monoisotopic (exact) mass is 370 g/mol.